The smallest absolute Gasteiger partial charge is 0.371 e. The van der Waals surface area contributed by atoms with E-state index in [2.05, 4.69) is 0 Å². The molecule has 0 fully saturated rings. The summed E-state index contributed by atoms with van der Waals surface area (Å²) in [5.74, 6) is -1.14. The molecule has 0 bridgehead atoms. The van der Waals surface area contributed by atoms with Crippen molar-refractivity contribution < 1.29 is 23.8 Å². The molecule has 0 radical (unpaired) electrons. The minimum absolute atomic E-state index is 0.0529. The Morgan fingerprint density at radius 3 is 2.22 bits per heavy atom. The van der Waals surface area contributed by atoms with Crippen LogP contribution in [0.15, 0.2) is 76.7 Å². The zero-order chi connectivity index (χ0) is 26.0. The van der Waals surface area contributed by atoms with Gasteiger partial charge in [-0.3, -0.25) is 4.79 Å². The van der Waals surface area contributed by atoms with Gasteiger partial charge in [0, 0.05) is 16.9 Å². The van der Waals surface area contributed by atoms with E-state index in [-0.39, 0.29) is 29.8 Å². The van der Waals surface area contributed by atoms with E-state index in [1.54, 1.807) is 50.2 Å². The first-order valence-corrected chi connectivity index (χ1v) is 11.9. The Kier molecular flexibility index (Phi) is 7.38. The van der Waals surface area contributed by atoms with Gasteiger partial charge in [0.1, 0.15) is 17.9 Å². The zero-order valence-electron chi connectivity index (χ0n) is 19.5. The number of fused-ring (bicyclic) bond motifs is 1. The van der Waals surface area contributed by atoms with Crippen molar-refractivity contribution in [3.8, 4) is 16.9 Å². The Hall–Kier alpha value is -3.74. The SMILES string of the molecule is CC(C)C(=O)/C(COc1ccc(-c2ccc3oc(C(=O)O)cc3c2)cc1)=C(\N)c1c(Cl)cccc1Cl. The van der Waals surface area contributed by atoms with Crippen molar-refractivity contribution in [2.75, 3.05) is 6.61 Å². The predicted molar refractivity (Wildman–Crippen MR) is 142 cm³/mol. The summed E-state index contributed by atoms with van der Waals surface area (Å²) in [6, 6.07) is 19.3. The van der Waals surface area contributed by atoms with Crippen LogP contribution in [0.3, 0.4) is 0 Å². The molecule has 0 saturated carbocycles. The largest absolute Gasteiger partial charge is 0.489 e. The number of carboxylic acid groups (broad SMARTS) is 1. The second kappa shape index (κ2) is 10.5. The molecule has 6 nitrogen and oxygen atoms in total. The third-order valence-corrected chi connectivity index (χ3v) is 6.31. The van der Waals surface area contributed by atoms with Crippen LogP contribution in [0.5, 0.6) is 5.75 Å². The lowest BCUT2D eigenvalue weighted by molar-refractivity contribution is -0.118. The average Bonchev–Trinajstić information content (AvgIpc) is 3.28. The number of carbonyl (C=O) groups is 2. The molecule has 1 aromatic heterocycles. The van der Waals surface area contributed by atoms with E-state index in [4.69, 9.17) is 43.2 Å². The lowest BCUT2D eigenvalue weighted by atomic mass is 9.97. The average molecular weight is 524 g/mol. The highest BCUT2D eigenvalue weighted by molar-refractivity contribution is 6.37. The summed E-state index contributed by atoms with van der Waals surface area (Å²) in [4.78, 5) is 24.1. The number of Topliss-reactive ketones (excluding diaryl/α,β-unsaturated/α-hetero) is 1. The van der Waals surface area contributed by atoms with E-state index in [0.717, 1.165) is 11.1 Å². The number of rotatable bonds is 8. The van der Waals surface area contributed by atoms with Crippen LogP contribution in [0.1, 0.15) is 30.0 Å². The molecule has 3 N–H and O–H groups in total. The highest BCUT2D eigenvalue weighted by atomic mass is 35.5. The third-order valence-electron chi connectivity index (χ3n) is 5.68. The molecule has 0 amide bonds. The van der Waals surface area contributed by atoms with Crippen LogP contribution in [-0.4, -0.2) is 23.5 Å². The van der Waals surface area contributed by atoms with Crippen LogP contribution in [0, 0.1) is 5.92 Å². The number of halogens is 2. The van der Waals surface area contributed by atoms with E-state index in [9.17, 15) is 9.59 Å². The molecule has 0 aliphatic heterocycles. The highest BCUT2D eigenvalue weighted by Crippen LogP contribution is 2.32. The van der Waals surface area contributed by atoms with Gasteiger partial charge in [-0.2, -0.15) is 0 Å². The number of benzene rings is 3. The molecule has 3 aromatic carbocycles. The van der Waals surface area contributed by atoms with E-state index in [1.807, 2.05) is 24.3 Å². The zero-order valence-corrected chi connectivity index (χ0v) is 21.1. The maximum atomic E-state index is 12.9. The minimum atomic E-state index is -1.11. The molecule has 0 aliphatic carbocycles. The minimum Gasteiger partial charge on any atom is -0.489 e. The molecule has 4 rings (SSSR count). The Morgan fingerprint density at radius 1 is 0.972 bits per heavy atom. The summed E-state index contributed by atoms with van der Waals surface area (Å²) in [7, 11) is 0. The number of hydrogen-bond donors (Lipinski definition) is 2. The number of nitrogens with two attached hydrogens (primary N) is 1. The van der Waals surface area contributed by atoms with Gasteiger partial charge in [0.05, 0.1) is 21.3 Å². The summed E-state index contributed by atoms with van der Waals surface area (Å²) < 4.78 is 11.2. The highest BCUT2D eigenvalue weighted by Gasteiger charge is 2.22. The lowest BCUT2D eigenvalue weighted by Crippen LogP contribution is -2.21. The molecule has 36 heavy (non-hydrogen) atoms. The summed E-state index contributed by atoms with van der Waals surface area (Å²) in [6.07, 6.45) is 0. The molecule has 4 aromatic rings. The normalized spacial score (nSPS) is 12.0. The molecule has 0 atom stereocenters. The van der Waals surface area contributed by atoms with Crippen molar-refractivity contribution in [3.05, 3.63) is 93.7 Å². The number of ketones is 1. The molecule has 184 valence electrons. The van der Waals surface area contributed by atoms with Gasteiger partial charge in [0.2, 0.25) is 5.76 Å². The van der Waals surface area contributed by atoms with E-state index < -0.39 is 5.97 Å². The standard InChI is InChI=1S/C28H23Cl2NO5/c1-15(2)27(32)20(26(31)25-21(29)4-3-5-22(25)30)14-35-19-9-6-16(7-10-19)17-8-11-23-18(12-17)13-24(36-23)28(33)34/h3-13,15H,14,31H2,1-2H3,(H,33,34)/b26-20-. The second-order valence-electron chi connectivity index (χ2n) is 8.49. The summed E-state index contributed by atoms with van der Waals surface area (Å²) in [5, 5.41) is 10.5. The summed E-state index contributed by atoms with van der Waals surface area (Å²) >= 11 is 12.6. The first-order chi connectivity index (χ1) is 17.2. The van der Waals surface area contributed by atoms with Gasteiger partial charge >= 0.3 is 5.97 Å². The van der Waals surface area contributed by atoms with Crippen LogP contribution in [0.4, 0.5) is 0 Å². The molecule has 0 aliphatic rings. The number of carbonyl (C=O) groups excluding carboxylic acids is 1. The Bertz CT molecular complexity index is 1470. The third kappa shape index (κ3) is 5.25. The van der Waals surface area contributed by atoms with Gasteiger partial charge in [0.25, 0.3) is 0 Å². The van der Waals surface area contributed by atoms with E-state index in [1.165, 1.54) is 6.07 Å². The number of ether oxygens (including phenoxy) is 1. The van der Waals surface area contributed by atoms with E-state index in [0.29, 0.717) is 37.9 Å². The van der Waals surface area contributed by atoms with Gasteiger partial charge in [-0.05, 0) is 53.6 Å². The first kappa shape index (κ1) is 25.4. The molecule has 8 heteroatoms. The fourth-order valence-electron chi connectivity index (χ4n) is 3.76. The van der Waals surface area contributed by atoms with Crippen LogP contribution in [-0.2, 0) is 4.79 Å². The van der Waals surface area contributed by atoms with Crippen LogP contribution < -0.4 is 10.5 Å². The Balaban J connectivity index is 1.58. The molecule has 0 unspecified atom stereocenters. The van der Waals surface area contributed by atoms with Crippen molar-refractivity contribution in [3.63, 3.8) is 0 Å². The number of carboxylic acids is 1. The number of hydrogen-bond acceptors (Lipinski definition) is 5. The van der Waals surface area contributed by atoms with Gasteiger partial charge in [-0.25, -0.2) is 4.79 Å². The topological polar surface area (TPSA) is 103 Å². The fraction of sp³-hybridized carbons (Fsp3) is 0.143. The maximum absolute atomic E-state index is 12.9. The maximum Gasteiger partial charge on any atom is 0.371 e. The van der Waals surface area contributed by atoms with Crippen LogP contribution in [0.2, 0.25) is 10.0 Å². The van der Waals surface area contributed by atoms with Crippen molar-refractivity contribution >= 4 is 51.6 Å². The van der Waals surface area contributed by atoms with Crippen molar-refractivity contribution in [2.45, 2.75) is 13.8 Å². The summed E-state index contributed by atoms with van der Waals surface area (Å²) in [6.45, 7) is 3.52. The van der Waals surface area contributed by atoms with Crippen LogP contribution in [0.25, 0.3) is 27.8 Å². The monoisotopic (exact) mass is 523 g/mol. The second-order valence-corrected chi connectivity index (χ2v) is 9.30. The van der Waals surface area contributed by atoms with Crippen molar-refractivity contribution in [2.24, 2.45) is 11.7 Å². The van der Waals surface area contributed by atoms with Gasteiger partial charge < -0.3 is 20.0 Å². The number of aromatic carboxylic acids is 1. The molecule has 0 saturated heterocycles. The molecule has 1 heterocycles. The van der Waals surface area contributed by atoms with Crippen molar-refractivity contribution in [1.82, 2.24) is 0 Å². The van der Waals surface area contributed by atoms with Gasteiger partial charge in [-0.1, -0.05) is 61.3 Å². The van der Waals surface area contributed by atoms with Crippen molar-refractivity contribution in [1.29, 1.82) is 0 Å². The predicted octanol–water partition coefficient (Wildman–Crippen LogP) is 7.08. The Labute approximate surface area is 217 Å². The van der Waals surface area contributed by atoms with Crippen LogP contribution >= 0.6 is 23.2 Å². The quantitative estimate of drug-likeness (QED) is 0.239. The molecular formula is C28H23Cl2NO5. The fourth-order valence-corrected chi connectivity index (χ4v) is 4.36. The number of furan rings is 1. The lowest BCUT2D eigenvalue weighted by Gasteiger charge is -2.16. The molecule has 0 spiro atoms. The van der Waals surface area contributed by atoms with E-state index >= 15 is 0 Å². The van der Waals surface area contributed by atoms with Gasteiger partial charge in [-0.15, -0.1) is 0 Å². The van der Waals surface area contributed by atoms with Gasteiger partial charge in [0.15, 0.2) is 5.78 Å². The molecular weight excluding hydrogens is 501 g/mol. The Morgan fingerprint density at radius 2 is 1.61 bits per heavy atom. The first-order valence-electron chi connectivity index (χ1n) is 11.1. The summed E-state index contributed by atoms with van der Waals surface area (Å²) in [5.41, 5.74) is 9.56.